The van der Waals surface area contributed by atoms with Crippen molar-refractivity contribution in [1.82, 2.24) is 0 Å². The molecular weight excluding hydrogens is 445 g/mol. The Labute approximate surface area is 222 Å². The lowest BCUT2D eigenvalue weighted by molar-refractivity contribution is 0.514. The Morgan fingerprint density at radius 2 is 0.588 bits per heavy atom. The summed E-state index contributed by atoms with van der Waals surface area (Å²) in [5, 5.41) is 0. The van der Waals surface area contributed by atoms with Gasteiger partial charge in [-0.15, -0.1) is 0 Å². The zero-order valence-electron chi connectivity index (χ0n) is 24.5. The first-order chi connectivity index (χ1) is 16.8. The molecule has 0 saturated carbocycles. The maximum absolute atomic E-state index is 5.59. The van der Waals surface area contributed by atoms with E-state index in [2.05, 4.69) is 13.5 Å². The van der Waals surface area contributed by atoms with Crippen molar-refractivity contribution < 1.29 is 4.12 Å². The summed E-state index contributed by atoms with van der Waals surface area (Å²) in [6.45, 7) is 4.66. The highest BCUT2D eigenvalue weighted by atomic mass is 28.3. The van der Waals surface area contributed by atoms with Gasteiger partial charge in [-0.25, -0.2) is 0 Å². The lowest BCUT2D eigenvalue weighted by atomic mass is 10.0. The van der Waals surface area contributed by atoms with E-state index in [-0.39, 0.29) is 0 Å². The summed E-state index contributed by atoms with van der Waals surface area (Å²) in [5.74, 6) is 0. The van der Waals surface area contributed by atoms with Crippen LogP contribution >= 0.6 is 0 Å². The van der Waals surface area contributed by atoms with E-state index in [1.54, 1.807) is 0 Å². The number of hydrogen-bond donors (Lipinski definition) is 0. The van der Waals surface area contributed by atoms with Gasteiger partial charge in [0, 0.05) is 0 Å². The maximum atomic E-state index is 5.59. The Morgan fingerprint density at radius 1 is 0.382 bits per heavy atom. The second kappa shape index (κ2) is 31.4. The molecule has 0 aliphatic rings. The first-order valence-corrected chi connectivity index (χ1v) is 19.6. The predicted molar refractivity (Wildman–Crippen MR) is 164 cm³/mol. The summed E-state index contributed by atoms with van der Waals surface area (Å²) in [5.41, 5.74) is 0. The molecule has 0 rings (SSSR count). The molecule has 0 aliphatic heterocycles. The largest absolute Gasteiger partial charge is 0.466 e. The van der Waals surface area contributed by atoms with Crippen LogP contribution < -0.4 is 0 Å². The van der Waals surface area contributed by atoms with Crippen molar-refractivity contribution in [2.45, 2.75) is 199 Å². The first kappa shape index (κ1) is 34.4. The molecule has 1 nitrogen and oxygen atoms in total. The molecular formula is C31H68OSi2. The van der Waals surface area contributed by atoms with Crippen LogP contribution in [-0.4, -0.2) is 19.5 Å². The highest BCUT2D eigenvalue weighted by Crippen LogP contribution is 2.16. The van der Waals surface area contributed by atoms with Crippen LogP contribution in [0, 0.1) is 0 Å². The Balaban J connectivity index is 3.02. The molecule has 3 heteroatoms. The SMILES string of the molecule is CCCCCCCCCCCCCCCCCCCCCCCCCCCCCC[SiH](C)O[SiH3]. The molecule has 0 aromatic rings. The fourth-order valence-electron chi connectivity index (χ4n) is 5.22. The molecule has 0 spiro atoms. The standard InChI is InChI=1S/C31H68OSi2/c1-3-4-5-6-7-8-9-10-11-12-13-14-15-16-17-18-19-20-21-22-23-24-25-26-27-28-29-30-31-34(2)32-33/h34H,3-31H2,1-2,33H3. The lowest BCUT2D eigenvalue weighted by Crippen LogP contribution is -2.09. The van der Waals surface area contributed by atoms with Crippen LogP contribution in [0.3, 0.4) is 0 Å². The van der Waals surface area contributed by atoms with Crippen molar-refractivity contribution in [3.05, 3.63) is 0 Å². The van der Waals surface area contributed by atoms with Crippen molar-refractivity contribution in [1.29, 1.82) is 0 Å². The van der Waals surface area contributed by atoms with E-state index in [1.165, 1.54) is 186 Å². The highest BCUT2D eigenvalue weighted by molar-refractivity contribution is 6.54. The lowest BCUT2D eigenvalue weighted by Gasteiger charge is -2.07. The van der Waals surface area contributed by atoms with Crippen molar-refractivity contribution in [2.24, 2.45) is 0 Å². The Morgan fingerprint density at radius 3 is 0.794 bits per heavy atom. The van der Waals surface area contributed by atoms with Gasteiger partial charge in [0.2, 0.25) is 0 Å². The molecule has 0 N–H and O–H groups in total. The summed E-state index contributed by atoms with van der Waals surface area (Å²) in [6, 6.07) is 1.41. The quantitative estimate of drug-likeness (QED) is 0.0686. The predicted octanol–water partition coefficient (Wildman–Crippen LogP) is 10.6. The second-order valence-electron chi connectivity index (χ2n) is 11.4. The van der Waals surface area contributed by atoms with Crippen LogP contribution in [0.25, 0.3) is 0 Å². The molecule has 0 aromatic heterocycles. The third-order valence-corrected chi connectivity index (χ3v) is 12.3. The van der Waals surface area contributed by atoms with Crippen LogP contribution in [0.5, 0.6) is 0 Å². The number of hydrogen-bond acceptors (Lipinski definition) is 1. The van der Waals surface area contributed by atoms with Gasteiger partial charge in [0.05, 0.1) is 0 Å². The molecule has 1 atom stereocenters. The van der Waals surface area contributed by atoms with Crippen LogP contribution in [0.15, 0.2) is 0 Å². The van der Waals surface area contributed by atoms with Gasteiger partial charge < -0.3 is 4.12 Å². The fourth-order valence-corrected chi connectivity index (χ4v) is 7.03. The molecule has 0 radical (unpaired) electrons. The smallest absolute Gasteiger partial charge is 0.159 e. The molecule has 206 valence electrons. The van der Waals surface area contributed by atoms with E-state index in [0.717, 1.165) is 10.5 Å². The van der Waals surface area contributed by atoms with Gasteiger partial charge in [-0.1, -0.05) is 187 Å². The molecule has 0 aromatic carbocycles. The van der Waals surface area contributed by atoms with Crippen LogP contribution in [-0.2, 0) is 4.12 Å². The van der Waals surface area contributed by atoms with Gasteiger partial charge in [-0.2, -0.15) is 0 Å². The molecule has 1 unspecified atom stereocenters. The molecule has 34 heavy (non-hydrogen) atoms. The second-order valence-corrected chi connectivity index (χ2v) is 15.5. The van der Waals surface area contributed by atoms with Crippen molar-refractivity contribution in [3.8, 4) is 0 Å². The highest BCUT2D eigenvalue weighted by Gasteiger charge is 2.00. The minimum Gasteiger partial charge on any atom is -0.466 e. The van der Waals surface area contributed by atoms with Crippen LogP contribution in [0.1, 0.15) is 187 Å². The average Bonchev–Trinajstić information content (AvgIpc) is 2.85. The number of rotatable bonds is 30. The van der Waals surface area contributed by atoms with E-state index in [0.29, 0.717) is 0 Å². The Hall–Kier alpha value is 0.394. The Bertz CT molecular complexity index is 350. The fraction of sp³-hybridized carbons (Fsp3) is 1.00. The van der Waals surface area contributed by atoms with E-state index >= 15 is 0 Å². The average molecular weight is 513 g/mol. The normalized spacial score (nSPS) is 12.5. The zero-order chi connectivity index (χ0) is 24.8. The van der Waals surface area contributed by atoms with Crippen molar-refractivity contribution >= 4 is 19.5 Å². The summed E-state index contributed by atoms with van der Waals surface area (Å²) in [7, 11) is 0.230. The summed E-state index contributed by atoms with van der Waals surface area (Å²) in [6.07, 6.45) is 41.3. The minimum absolute atomic E-state index is 0.726. The third kappa shape index (κ3) is 30.4. The third-order valence-electron chi connectivity index (χ3n) is 7.87. The van der Waals surface area contributed by atoms with E-state index in [1.807, 2.05) is 0 Å². The Kier molecular flexibility index (Phi) is 31.8. The first-order valence-electron chi connectivity index (χ1n) is 16.3. The minimum atomic E-state index is -0.726. The zero-order valence-corrected chi connectivity index (χ0v) is 27.6. The van der Waals surface area contributed by atoms with Gasteiger partial charge in [-0.3, -0.25) is 0 Å². The summed E-state index contributed by atoms with van der Waals surface area (Å²) >= 11 is 0. The van der Waals surface area contributed by atoms with Crippen LogP contribution in [0.2, 0.25) is 12.6 Å². The van der Waals surface area contributed by atoms with E-state index in [9.17, 15) is 0 Å². The molecule has 0 bridgehead atoms. The number of unbranched alkanes of at least 4 members (excludes halogenated alkanes) is 27. The summed E-state index contributed by atoms with van der Waals surface area (Å²) < 4.78 is 5.59. The summed E-state index contributed by atoms with van der Waals surface area (Å²) in [4.78, 5) is 0. The monoisotopic (exact) mass is 512 g/mol. The molecule has 0 amide bonds. The van der Waals surface area contributed by atoms with Gasteiger partial charge in [0.1, 0.15) is 10.5 Å². The molecule has 0 heterocycles. The van der Waals surface area contributed by atoms with E-state index < -0.39 is 9.04 Å². The molecule has 0 aliphatic carbocycles. The topological polar surface area (TPSA) is 9.23 Å². The van der Waals surface area contributed by atoms with Crippen molar-refractivity contribution in [3.63, 3.8) is 0 Å². The van der Waals surface area contributed by atoms with Crippen molar-refractivity contribution in [2.75, 3.05) is 0 Å². The maximum Gasteiger partial charge on any atom is 0.159 e. The molecule has 0 fully saturated rings. The van der Waals surface area contributed by atoms with Crippen LogP contribution in [0.4, 0.5) is 0 Å². The van der Waals surface area contributed by atoms with E-state index in [4.69, 9.17) is 4.12 Å². The van der Waals surface area contributed by atoms with Gasteiger partial charge in [0.25, 0.3) is 0 Å². The van der Waals surface area contributed by atoms with Gasteiger partial charge >= 0.3 is 0 Å². The molecule has 0 saturated heterocycles. The van der Waals surface area contributed by atoms with Gasteiger partial charge in [0.15, 0.2) is 9.04 Å². The van der Waals surface area contributed by atoms with Gasteiger partial charge in [-0.05, 0) is 12.6 Å².